The van der Waals surface area contributed by atoms with Gasteiger partial charge in [0.2, 0.25) is 0 Å². The summed E-state index contributed by atoms with van der Waals surface area (Å²) in [5.74, 6) is 0.941. The second-order valence-corrected chi connectivity index (χ2v) is 5.16. The van der Waals surface area contributed by atoms with E-state index in [1.54, 1.807) is 0 Å². The molecule has 0 aliphatic carbocycles. The van der Waals surface area contributed by atoms with Gasteiger partial charge in [0.05, 0.1) is 6.61 Å². The van der Waals surface area contributed by atoms with Crippen molar-refractivity contribution in [2.45, 2.75) is 26.3 Å². The van der Waals surface area contributed by atoms with Crippen molar-refractivity contribution in [3.05, 3.63) is 40.4 Å². The van der Waals surface area contributed by atoms with Crippen LogP contribution in [0, 0.1) is 0 Å². The van der Waals surface area contributed by atoms with Crippen LogP contribution in [0.4, 0.5) is 0 Å². The first kappa shape index (κ1) is 14.3. The van der Waals surface area contributed by atoms with E-state index < -0.39 is 0 Å². The minimum atomic E-state index is 0.271. The van der Waals surface area contributed by atoms with Gasteiger partial charge < -0.3 is 10.1 Å². The number of benzene rings is 1. The summed E-state index contributed by atoms with van der Waals surface area (Å²) in [5, 5.41) is 3.23. The fourth-order valence-corrected chi connectivity index (χ4v) is 1.86. The minimum absolute atomic E-state index is 0.271. The molecule has 3 heteroatoms. The van der Waals surface area contributed by atoms with Gasteiger partial charge >= 0.3 is 0 Å². The average molecular weight is 298 g/mol. The maximum absolute atomic E-state index is 5.80. The summed E-state index contributed by atoms with van der Waals surface area (Å²) >= 11 is 3.49. The van der Waals surface area contributed by atoms with Crippen LogP contribution in [0.2, 0.25) is 0 Å². The first-order chi connectivity index (χ1) is 8.04. The Balaban J connectivity index is 2.79. The van der Waals surface area contributed by atoms with Gasteiger partial charge in [0.15, 0.2) is 0 Å². The van der Waals surface area contributed by atoms with Crippen LogP contribution in [0.5, 0.6) is 5.75 Å². The summed E-state index contributed by atoms with van der Waals surface area (Å²) in [6, 6.07) is 6.37. The summed E-state index contributed by atoms with van der Waals surface area (Å²) in [7, 11) is 1.95. The molecule has 0 bridgehead atoms. The van der Waals surface area contributed by atoms with Crippen molar-refractivity contribution in [3.8, 4) is 5.75 Å². The Morgan fingerprint density at radius 2 is 2.24 bits per heavy atom. The predicted molar refractivity (Wildman–Crippen MR) is 76.5 cm³/mol. The highest BCUT2D eigenvalue weighted by Gasteiger charge is 2.10. The second-order valence-electron chi connectivity index (χ2n) is 4.25. The standard InChI is InChI=1S/C14H20BrNO/c1-10(2)7-8-17-14-6-5-12(15)9-13(14)11(3)16-4/h5-6,9,11,16H,1,7-8H2,2-4H3. The fraction of sp³-hybridized carbons (Fsp3) is 0.429. The van der Waals surface area contributed by atoms with E-state index in [9.17, 15) is 0 Å². The minimum Gasteiger partial charge on any atom is -0.493 e. The van der Waals surface area contributed by atoms with Crippen LogP contribution >= 0.6 is 15.9 Å². The molecular formula is C14H20BrNO. The van der Waals surface area contributed by atoms with Crippen molar-refractivity contribution in [3.63, 3.8) is 0 Å². The Morgan fingerprint density at radius 1 is 1.53 bits per heavy atom. The van der Waals surface area contributed by atoms with Gasteiger partial charge in [-0.05, 0) is 39.1 Å². The van der Waals surface area contributed by atoms with Crippen molar-refractivity contribution >= 4 is 15.9 Å². The molecule has 17 heavy (non-hydrogen) atoms. The van der Waals surface area contributed by atoms with Crippen molar-refractivity contribution < 1.29 is 4.74 Å². The zero-order valence-corrected chi connectivity index (χ0v) is 12.3. The normalized spacial score (nSPS) is 12.2. The summed E-state index contributed by atoms with van der Waals surface area (Å²) in [5.41, 5.74) is 2.31. The van der Waals surface area contributed by atoms with Crippen LogP contribution in [0.1, 0.15) is 31.9 Å². The van der Waals surface area contributed by atoms with Crippen LogP contribution in [0.15, 0.2) is 34.8 Å². The van der Waals surface area contributed by atoms with E-state index in [0.717, 1.165) is 22.2 Å². The molecule has 0 amide bonds. The summed E-state index contributed by atoms with van der Waals surface area (Å²) in [6.45, 7) is 8.69. The first-order valence-corrected chi connectivity index (χ1v) is 6.57. The molecule has 0 radical (unpaired) electrons. The number of halogens is 1. The van der Waals surface area contributed by atoms with Gasteiger partial charge in [0.25, 0.3) is 0 Å². The molecule has 2 nitrogen and oxygen atoms in total. The summed E-state index contributed by atoms with van der Waals surface area (Å²) in [6.07, 6.45) is 0.892. The lowest BCUT2D eigenvalue weighted by Gasteiger charge is -2.17. The Morgan fingerprint density at radius 3 is 2.82 bits per heavy atom. The molecule has 0 saturated carbocycles. The second kappa shape index (κ2) is 6.82. The topological polar surface area (TPSA) is 21.3 Å². The molecule has 0 spiro atoms. The maximum atomic E-state index is 5.80. The van der Waals surface area contributed by atoms with E-state index in [2.05, 4.69) is 40.8 Å². The van der Waals surface area contributed by atoms with Gasteiger partial charge in [-0.15, -0.1) is 6.58 Å². The lowest BCUT2D eigenvalue weighted by molar-refractivity contribution is 0.315. The van der Waals surface area contributed by atoms with E-state index >= 15 is 0 Å². The highest BCUT2D eigenvalue weighted by atomic mass is 79.9. The van der Waals surface area contributed by atoms with Gasteiger partial charge in [0, 0.05) is 22.5 Å². The third kappa shape index (κ3) is 4.52. The molecule has 1 atom stereocenters. The molecule has 1 aromatic rings. The number of hydrogen-bond acceptors (Lipinski definition) is 2. The lowest BCUT2D eigenvalue weighted by Crippen LogP contribution is -2.14. The van der Waals surface area contributed by atoms with E-state index in [-0.39, 0.29) is 6.04 Å². The van der Waals surface area contributed by atoms with Gasteiger partial charge in [0.1, 0.15) is 5.75 Å². The largest absolute Gasteiger partial charge is 0.493 e. The van der Waals surface area contributed by atoms with Gasteiger partial charge in [-0.1, -0.05) is 21.5 Å². The predicted octanol–water partition coefficient (Wildman–Crippen LogP) is 4.07. The molecule has 1 unspecified atom stereocenters. The van der Waals surface area contributed by atoms with Crippen molar-refractivity contribution in [1.82, 2.24) is 5.32 Å². The molecular weight excluding hydrogens is 278 g/mol. The Bertz CT molecular complexity index is 390. The molecule has 0 aliphatic rings. The third-order valence-corrected chi connectivity index (χ3v) is 3.15. The smallest absolute Gasteiger partial charge is 0.124 e. The molecule has 0 heterocycles. The Labute approximate surface area is 112 Å². The molecule has 94 valence electrons. The average Bonchev–Trinajstić information content (AvgIpc) is 2.29. The van der Waals surface area contributed by atoms with Crippen LogP contribution in [0.3, 0.4) is 0 Å². The summed E-state index contributed by atoms with van der Waals surface area (Å²) in [4.78, 5) is 0. The van der Waals surface area contributed by atoms with Crippen molar-refractivity contribution in [2.24, 2.45) is 0 Å². The monoisotopic (exact) mass is 297 g/mol. The summed E-state index contributed by atoms with van der Waals surface area (Å²) < 4.78 is 6.88. The zero-order chi connectivity index (χ0) is 12.8. The highest BCUT2D eigenvalue weighted by molar-refractivity contribution is 9.10. The first-order valence-electron chi connectivity index (χ1n) is 5.78. The Hall–Kier alpha value is -0.800. The molecule has 0 saturated heterocycles. The number of hydrogen-bond donors (Lipinski definition) is 1. The highest BCUT2D eigenvalue weighted by Crippen LogP contribution is 2.28. The molecule has 1 aromatic carbocycles. The van der Waals surface area contributed by atoms with Gasteiger partial charge in [-0.2, -0.15) is 0 Å². The molecule has 0 aromatic heterocycles. The lowest BCUT2D eigenvalue weighted by atomic mass is 10.1. The molecule has 0 fully saturated rings. The van der Waals surface area contributed by atoms with Crippen LogP contribution < -0.4 is 10.1 Å². The van der Waals surface area contributed by atoms with Gasteiger partial charge in [-0.3, -0.25) is 0 Å². The number of rotatable bonds is 6. The van der Waals surface area contributed by atoms with Crippen LogP contribution in [0.25, 0.3) is 0 Å². The van der Waals surface area contributed by atoms with E-state index in [1.807, 2.05) is 26.1 Å². The van der Waals surface area contributed by atoms with Crippen LogP contribution in [-0.2, 0) is 0 Å². The number of nitrogens with one attached hydrogen (secondary N) is 1. The maximum Gasteiger partial charge on any atom is 0.124 e. The Kier molecular flexibility index (Phi) is 5.72. The van der Waals surface area contributed by atoms with Gasteiger partial charge in [-0.25, -0.2) is 0 Å². The van der Waals surface area contributed by atoms with E-state index in [1.165, 1.54) is 5.56 Å². The zero-order valence-electron chi connectivity index (χ0n) is 10.7. The SMILES string of the molecule is C=C(C)CCOc1ccc(Br)cc1C(C)NC. The molecule has 1 rings (SSSR count). The number of ether oxygens (including phenoxy) is 1. The van der Waals surface area contributed by atoms with E-state index in [4.69, 9.17) is 4.74 Å². The van der Waals surface area contributed by atoms with Crippen molar-refractivity contribution in [1.29, 1.82) is 0 Å². The quantitative estimate of drug-likeness (QED) is 0.799. The van der Waals surface area contributed by atoms with Crippen molar-refractivity contribution in [2.75, 3.05) is 13.7 Å². The third-order valence-electron chi connectivity index (χ3n) is 2.66. The van der Waals surface area contributed by atoms with Crippen LogP contribution in [-0.4, -0.2) is 13.7 Å². The molecule has 1 N–H and O–H groups in total. The molecule has 0 aliphatic heterocycles. The fourth-order valence-electron chi connectivity index (χ4n) is 1.48. The van der Waals surface area contributed by atoms with E-state index in [0.29, 0.717) is 6.61 Å².